The maximum absolute atomic E-state index is 12.4. The van der Waals surface area contributed by atoms with Gasteiger partial charge in [-0.3, -0.25) is 0 Å². The number of fused-ring (bicyclic) bond motifs is 3. The SMILES string of the molecule is C=Cc1cccc(C[C@@H](NC(=O)OCC2c3ccccc3-c3ccccc32)C(=O)O)c1. The molecule has 5 heteroatoms. The summed E-state index contributed by atoms with van der Waals surface area (Å²) in [5.41, 5.74) is 6.17. The van der Waals surface area contributed by atoms with Crippen molar-refractivity contribution in [1.82, 2.24) is 5.32 Å². The van der Waals surface area contributed by atoms with Crippen molar-refractivity contribution in [3.63, 3.8) is 0 Å². The summed E-state index contributed by atoms with van der Waals surface area (Å²) in [5, 5.41) is 12.0. The molecular weight excluding hydrogens is 390 g/mol. The van der Waals surface area contributed by atoms with Gasteiger partial charge in [-0.25, -0.2) is 9.59 Å². The summed E-state index contributed by atoms with van der Waals surface area (Å²) in [6.07, 6.45) is 1.11. The minimum absolute atomic E-state index is 0.0781. The summed E-state index contributed by atoms with van der Waals surface area (Å²) in [7, 11) is 0. The largest absolute Gasteiger partial charge is 0.480 e. The molecule has 1 aliphatic rings. The van der Waals surface area contributed by atoms with Gasteiger partial charge in [0.05, 0.1) is 0 Å². The Labute approximate surface area is 181 Å². The molecule has 0 fully saturated rings. The highest BCUT2D eigenvalue weighted by molar-refractivity contribution is 5.81. The molecule has 5 nitrogen and oxygen atoms in total. The van der Waals surface area contributed by atoms with Gasteiger partial charge in [-0.05, 0) is 33.4 Å². The molecule has 0 radical (unpaired) electrons. The first kappa shape index (κ1) is 20.4. The lowest BCUT2D eigenvalue weighted by atomic mass is 9.98. The van der Waals surface area contributed by atoms with Crippen LogP contribution < -0.4 is 5.32 Å². The molecule has 3 aromatic rings. The molecular formula is C26H23NO4. The van der Waals surface area contributed by atoms with E-state index in [-0.39, 0.29) is 18.9 Å². The first-order chi connectivity index (χ1) is 15.1. The van der Waals surface area contributed by atoms with Crippen LogP contribution >= 0.6 is 0 Å². The molecule has 0 bridgehead atoms. The molecule has 0 spiro atoms. The van der Waals surface area contributed by atoms with Crippen LogP contribution in [0.15, 0.2) is 79.4 Å². The summed E-state index contributed by atoms with van der Waals surface area (Å²) in [6.45, 7) is 3.86. The van der Waals surface area contributed by atoms with Crippen LogP contribution in [0.2, 0.25) is 0 Å². The number of carbonyl (C=O) groups excluding carboxylic acids is 1. The second kappa shape index (κ2) is 8.88. The Bertz CT molecular complexity index is 1090. The van der Waals surface area contributed by atoms with Gasteiger partial charge >= 0.3 is 12.1 Å². The van der Waals surface area contributed by atoms with Gasteiger partial charge < -0.3 is 15.2 Å². The Morgan fingerprint density at radius 1 is 1.00 bits per heavy atom. The number of carboxylic acid groups (broad SMARTS) is 1. The van der Waals surface area contributed by atoms with Crippen molar-refractivity contribution in [3.8, 4) is 11.1 Å². The third kappa shape index (κ3) is 4.36. The van der Waals surface area contributed by atoms with Gasteiger partial charge in [0.1, 0.15) is 12.6 Å². The summed E-state index contributed by atoms with van der Waals surface area (Å²) in [4.78, 5) is 24.1. The van der Waals surface area contributed by atoms with Crippen molar-refractivity contribution in [2.75, 3.05) is 6.61 Å². The Kier molecular flexibility index (Phi) is 5.85. The second-order valence-corrected chi connectivity index (χ2v) is 7.51. The van der Waals surface area contributed by atoms with Crippen molar-refractivity contribution in [2.24, 2.45) is 0 Å². The van der Waals surface area contributed by atoms with Crippen LogP contribution in [0.4, 0.5) is 4.79 Å². The first-order valence-corrected chi connectivity index (χ1v) is 10.1. The molecule has 3 aromatic carbocycles. The third-order valence-corrected chi connectivity index (χ3v) is 5.56. The van der Waals surface area contributed by atoms with Crippen molar-refractivity contribution >= 4 is 18.1 Å². The molecule has 4 rings (SSSR count). The summed E-state index contributed by atoms with van der Waals surface area (Å²) < 4.78 is 5.47. The maximum atomic E-state index is 12.4. The second-order valence-electron chi connectivity index (χ2n) is 7.51. The summed E-state index contributed by atoms with van der Waals surface area (Å²) in [6, 6.07) is 22.4. The lowest BCUT2D eigenvalue weighted by Crippen LogP contribution is -2.42. The maximum Gasteiger partial charge on any atom is 0.407 e. The van der Waals surface area contributed by atoms with E-state index in [4.69, 9.17) is 4.74 Å². The number of rotatable bonds is 7. The van der Waals surface area contributed by atoms with E-state index in [1.165, 1.54) is 0 Å². The smallest absolute Gasteiger partial charge is 0.407 e. The normalized spacial score (nSPS) is 13.0. The number of carbonyl (C=O) groups is 2. The van der Waals surface area contributed by atoms with Gasteiger partial charge in [0, 0.05) is 12.3 Å². The van der Waals surface area contributed by atoms with Gasteiger partial charge in [-0.1, -0.05) is 85.5 Å². The molecule has 0 aromatic heterocycles. The number of benzene rings is 3. The molecule has 0 saturated carbocycles. The van der Waals surface area contributed by atoms with Crippen LogP contribution in [0, 0.1) is 0 Å². The predicted molar refractivity (Wildman–Crippen MR) is 120 cm³/mol. The Balaban J connectivity index is 1.43. The van der Waals surface area contributed by atoms with Crippen LogP contribution in [0.1, 0.15) is 28.2 Å². The van der Waals surface area contributed by atoms with Gasteiger partial charge in [-0.2, -0.15) is 0 Å². The summed E-state index contributed by atoms with van der Waals surface area (Å²) in [5.74, 6) is -1.19. The molecule has 0 saturated heterocycles. The highest BCUT2D eigenvalue weighted by Crippen LogP contribution is 2.44. The first-order valence-electron chi connectivity index (χ1n) is 10.1. The van der Waals surface area contributed by atoms with E-state index < -0.39 is 18.1 Å². The van der Waals surface area contributed by atoms with Crippen molar-refractivity contribution in [2.45, 2.75) is 18.4 Å². The van der Waals surface area contributed by atoms with Crippen LogP contribution in [0.3, 0.4) is 0 Å². The number of nitrogens with one attached hydrogen (secondary N) is 1. The van der Waals surface area contributed by atoms with Gasteiger partial charge in [0.15, 0.2) is 0 Å². The Morgan fingerprint density at radius 2 is 1.65 bits per heavy atom. The fourth-order valence-corrected chi connectivity index (χ4v) is 4.07. The molecule has 1 atom stereocenters. The zero-order valence-electron chi connectivity index (χ0n) is 17.0. The van der Waals surface area contributed by atoms with Crippen molar-refractivity contribution in [1.29, 1.82) is 0 Å². The van der Waals surface area contributed by atoms with E-state index in [9.17, 15) is 14.7 Å². The van der Waals surface area contributed by atoms with Crippen LogP contribution in [-0.4, -0.2) is 29.8 Å². The number of ether oxygens (including phenoxy) is 1. The lowest BCUT2D eigenvalue weighted by Gasteiger charge is -2.17. The Hall–Kier alpha value is -3.86. The molecule has 0 aliphatic heterocycles. The predicted octanol–water partition coefficient (Wildman–Crippen LogP) is 4.86. The fraction of sp³-hybridized carbons (Fsp3) is 0.154. The fourth-order valence-electron chi connectivity index (χ4n) is 4.07. The molecule has 31 heavy (non-hydrogen) atoms. The van der Waals surface area contributed by atoms with Gasteiger partial charge in [-0.15, -0.1) is 0 Å². The number of hydrogen-bond donors (Lipinski definition) is 2. The standard InChI is InChI=1S/C26H23NO4/c1-2-17-8-7-9-18(14-17)15-24(25(28)29)27-26(30)31-16-23-21-12-5-3-10-19(21)20-11-4-6-13-22(20)23/h2-14,23-24H,1,15-16H2,(H,27,30)(H,28,29)/t24-/m1/s1. The molecule has 0 unspecified atom stereocenters. The monoisotopic (exact) mass is 413 g/mol. The van der Waals surface area contributed by atoms with Crippen LogP contribution in [-0.2, 0) is 16.0 Å². The highest BCUT2D eigenvalue weighted by atomic mass is 16.5. The van der Waals surface area contributed by atoms with Gasteiger partial charge in [0.25, 0.3) is 0 Å². The molecule has 156 valence electrons. The molecule has 2 N–H and O–H groups in total. The molecule has 1 aliphatic carbocycles. The average molecular weight is 413 g/mol. The average Bonchev–Trinajstić information content (AvgIpc) is 3.11. The van der Waals surface area contributed by atoms with Gasteiger partial charge in [0.2, 0.25) is 0 Å². The zero-order valence-corrected chi connectivity index (χ0v) is 17.0. The number of aliphatic carboxylic acids is 1. The van der Waals surface area contributed by atoms with Crippen molar-refractivity contribution in [3.05, 3.63) is 102 Å². The van der Waals surface area contributed by atoms with E-state index in [0.717, 1.165) is 33.4 Å². The third-order valence-electron chi connectivity index (χ3n) is 5.56. The van der Waals surface area contributed by atoms with Crippen molar-refractivity contribution < 1.29 is 19.4 Å². The lowest BCUT2D eigenvalue weighted by molar-refractivity contribution is -0.139. The quantitative estimate of drug-likeness (QED) is 0.580. The van der Waals surface area contributed by atoms with E-state index in [1.54, 1.807) is 6.08 Å². The topological polar surface area (TPSA) is 75.6 Å². The number of alkyl carbamates (subject to hydrolysis) is 1. The van der Waals surface area contributed by atoms with Crippen LogP contribution in [0.25, 0.3) is 17.2 Å². The number of carboxylic acids is 1. The summed E-state index contributed by atoms with van der Waals surface area (Å²) >= 11 is 0. The van der Waals surface area contributed by atoms with E-state index in [1.807, 2.05) is 60.7 Å². The highest BCUT2D eigenvalue weighted by Gasteiger charge is 2.29. The number of hydrogen-bond acceptors (Lipinski definition) is 3. The molecule has 1 amide bonds. The van der Waals surface area contributed by atoms with Crippen LogP contribution in [0.5, 0.6) is 0 Å². The zero-order chi connectivity index (χ0) is 21.8. The minimum Gasteiger partial charge on any atom is -0.480 e. The molecule has 0 heterocycles. The number of amides is 1. The minimum atomic E-state index is -1.11. The Morgan fingerprint density at radius 3 is 2.26 bits per heavy atom. The van der Waals surface area contributed by atoms with E-state index >= 15 is 0 Å². The van der Waals surface area contributed by atoms with E-state index in [0.29, 0.717) is 0 Å². The van der Waals surface area contributed by atoms with E-state index in [2.05, 4.69) is 24.0 Å².